The Morgan fingerprint density at radius 3 is 2.78 bits per heavy atom. The first-order chi connectivity index (χ1) is 8.60. The lowest BCUT2D eigenvalue weighted by atomic mass is 10.1. The van der Waals surface area contributed by atoms with Crippen molar-refractivity contribution in [2.24, 2.45) is 5.92 Å². The lowest BCUT2D eigenvalue weighted by molar-refractivity contribution is -0.124. The lowest BCUT2D eigenvalue weighted by Crippen LogP contribution is -2.37. The summed E-state index contributed by atoms with van der Waals surface area (Å²) in [6.07, 6.45) is 2.82. The van der Waals surface area contributed by atoms with E-state index in [0.29, 0.717) is 5.88 Å². The predicted octanol–water partition coefficient (Wildman–Crippen LogP) is 2.71. The number of carbonyl (C=O) groups is 1. The molecule has 0 aromatic heterocycles. The summed E-state index contributed by atoms with van der Waals surface area (Å²) in [6.45, 7) is 3.85. The van der Waals surface area contributed by atoms with Crippen molar-refractivity contribution in [3.63, 3.8) is 0 Å². The first kappa shape index (κ1) is 13.4. The summed E-state index contributed by atoms with van der Waals surface area (Å²) in [4.78, 5) is 11.7. The third kappa shape index (κ3) is 3.05. The second kappa shape index (κ2) is 5.75. The molecule has 98 valence electrons. The fourth-order valence-electron chi connectivity index (χ4n) is 2.41. The van der Waals surface area contributed by atoms with Crippen LogP contribution in [0.2, 0.25) is 0 Å². The summed E-state index contributed by atoms with van der Waals surface area (Å²) in [6, 6.07) is 6.83. The standard InChI is InChI=1S/C15H20ClNO/c1-10(2)15(18)17-14-8-12-4-3-11(5-6-16)7-13(12)9-14/h3-4,7,10,14H,5-6,8-9H2,1-2H3,(H,17,18). The second-order valence-electron chi connectivity index (χ2n) is 5.31. The van der Waals surface area contributed by atoms with Crippen LogP contribution >= 0.6 is 11.6 Å². The number of hydrogen-bond donors (Lipinski definition) is 1. The number of nitrogens with one attached hydrogen (secondary N) is 1. The molecule has 18 heavy (non-hydrogen) atoms. The number of fused-ring (bicyclic) bond motifs is 1. The zero-order valence-electron chi connectivity index (χ0n) is 11.0. The molecular weight excluding hydrogens is 246 g/mol. The van der Waals surface area contributed by atoms with Crippen molar-refractivity contribution in [1.82, 2.24) is 5.32 Å². The van der Waals surface area contributed by atoms with Crippen LogP contribution in [0.25, 0.3) is 0 Å². The topological polar surface area (TPSA) is 29.1 Å². The molecule has 0 fully saturated rings. The number of rotatable bonds is 4. The molecule has 0 saturated carbocycles. The molecule has 0 bridgehead atoms. The van der Waals surface area contributed by atoms with E-state index in [0.717, 1.165) is 19.3 Å². The Morgan fingerprint density at radius 1 is 1.39 bits per heavy atom. The number of aryl methyl sites for hydroxylation is 1. The monoisotopic (exact) mass is 265 g/mol. The van der Waals surface area contributed by atoms with Gasteiger partial charge in [-0.1, -0.05) is 32.0 Å². The molecule has 1 aromatic carbocycles. The molecule has 1 N–H and O–H groups in total. The number of benzene rings is 1. The third-order valence-corrected chi connectivity index (χ3v) is 3.65. The summed E-state index contributed by atoms with van der Waals surface area (Å²) in [7, 11) is 0. The van der Waals surface area contributed by atoms with E-state index in [1.54, 1.807) is 0 Å². The molecule has 1 atom stereocenters. The van der Waals surface area contributed by atoms with Gasteiger partial charge in [-0.3, -0.25) is 4.79 Å². The highest BCUT2D eigenvalue weighted by atomic mass is 35.5. The van der Waals surface area contributed by atoms with E-state index in [9.17, 15) is 4.79 Å². The van der Waals surface area contributed by atoms with E-state index in [2.05, 4.69) is 23.5 Å². The molecule has 1 amide bonds. The molecule has 1 unspecified atom stereocenters. The number of carbonyl (C=O) groups excluding carboxylic acids is 1. The highest BCUT2D eigenvalue weighted by Crippen LogP contribution is 2.24. The SMILES string of the molecule is CC(C)C(=O)NC1Cc2ccc(CCCl)cc2C1. The summed E-state index contributed by atoms with van der Waals surface area (Å²) < 4.78 is 0. The van der Waals surface area contributed by atoms with Crippen LogP contribution in [0.3, 0.4) is 0 Å². The molecule has 1 aliphatic carbocycles. The number of amides is 1. The van der Waals surface area contributed by atoms with Gasteiger partial charge in [-0.2, -0.15) is 0 Å². The summed E-state index contributed by atoms with van der Waals surface area (Å²) in [5.41, 5.74) is 4.02. The van der Waals surface area contributed by atoms with E-state index in [1.807, 2.05) is 13.8 Å². The fourth-order valence-corrected chi connectivity index (χ4v) is 2.62. The number of hydrogen-bond acceptors (Lipinski definition) is 1. The van der Waals surface area contributed by atoms with Gasteiger partial charge in [0, 0.05) is 17.8 Å². The second-order valence-corrected chi connectivity index (χ2v) is 5.69. The fraction of sp³-hybridized carbons (Fsp3) is 0.533. The Balaban J connectivity index is 2.01. The first-order valence-electron chi connectivity index (χ1n) is 6.57. The zero-order valence-corrected chi connectivity index (χ0v) is 11.8. The van der Waals surface area contributed by atoms with Crippen LogP contribution in [0.1, 0.15) is 30.5 Å². The van der Waals surface area contributed by atoms with Gasteiger partial charge in [-0.25, -0.2) is 0 Å². The summed E-state index contributed by atoms with van der Waals surface area (Å²) >= 11 is 5.76. The molecule has 1 aromatic rings. The average Bonchev–Trinajstić information content (AvgIpc) is 2.70. The molecule has 2 nitrogen and oxygen atoms in total. The molecule has 0 spiro atoms. The van der Waals surface area contributed by atoms with Crippen LogP contribution in [-0.4, -0.2) is 17.8 Å². The Morgan fingerprint density at radius 2 is 2.11 bits per heavy atom. The maximum absolute atomic E-state index is 11.7. The van der Waals surface area contributed by atoms with Gasteiger partial charge in [0.25, 0.3) is 0 Å². The molecular formula is C15H20ClNO. The lowest BCUT2D eigenvalue weighted by Gasteiger charge is -2.13. The molecule has 1 aliphatic rings. The van der Waals surface area contributed by atoms with E-state index in [-0.39, 0.29) is 17.9 Å². The Kier molecular flexibility index (Phi) is 4.28. The van der Waals surface area contributed by atoms with Crippen LogP contribution in [-0.2, 0) is 24.1 Å². The van der Waals surface area contributed by atoms with E-state index in [4.69, 9.17) is 11.6 Å². The maximum atomic E-state index is 11.7. The van der Waals surface area contributed by atoms with E-state index >= 15 is 0 Å². The normalized spacial score (nSPS) is 17.9. The van der Waals surface area contributed by atoms with Crippen molar-refractivity contribution in [3.8, 4) is 0 Å². The van der Waals surface area contributed by atoms with Gasteiger partial charge in [0.05, 0.1) is 0 Å². The van der Waals surface area contributed by atoms with Gasteiger partial charge in [0.15, 0.2) is 0 Å². The van der Waals surface area contributed by atoms with Gasteiger partial charge < -0.3 is 5.32 Å². The van der Waals surface area contributed by atoms with Gasteiger partial charge in [-0.15, -0.1) is 11.6 Å². The smallest absolute Gasteiger partial charge is 0.222 e. The average molecular weight is 266 g/mol. The maximum Gasteiger partial charge on any atom is 0.222 e. The Bertz CT molecular complexity index is 442. The minimum absolute atomic E-state index is 0.0560. The predicted molar refractivity (Wildman–Crippen MR) is 75.0 cm³/mol. The Labute approximate surface area is 114 Å². The minimum Gasteiger partial charge on any atom is -0.352 e. The first-order valence-corrected chi connectivity index (χ1v) is 7.10. The van der Waals surface area contributed by atoms with Crippen LogP contribution in [0.4, 0.5) is 0 Å². The van der Waals surface area contributed by atoms with Gasteiger partial charge in [0.2, 0.25) is 5.91 Å². The van der Waals surface area contributed by atoms with E-state index in [1.165, 1.54) is 16.7 Å². The van der Waals surface area contributed by atoms with Crippen LogP contribution in [0.15, 0.2) is 18.2 Å². The third-order valence-electron chi connectivity index (χ3n) is 3.46. The molecule has 3 heteroatoms. The molecule has 0 heterocycles. The van der Waals surface area contributed by atoms with Crippen molar-refractivity contribution in [2.45, 2.75) is 39.2 Å². The van der Waals surface area contributed by atoms with Crippen molar-refractivity contribution in [2.75, 3.05) is 5.88 Å². The Hall–Kier alpha value is -1.02. The molecule has 0 radical (unpaired) electrons. The largest absolute Gasteiger partial charge is 0.352 e. The molecule has 0 saturated heterocycles. The van der Waals surface area contributed by atoms with Crippen molar-refractivity contribution in [1.29, 1.82) is 0 Å². The number of alkyl halides is 1. The van der Waals surface area contributed by atoms with Crippen LogP contribution < -0.4 is 5.32 Å². The minimum atomic E-state index is 0.0560. The van der Waals surface area contributed by atoms with E-state index < -0.39 is 0 Å². The van der Waals surface area contributed by atoms with Crippen molar-refractivity contribution >= 4 is 17.5 Å². The van der Waals surface area contributed by atoms with Gasteiger partial charge in [-0.05, 0) is 36.0 Å². The zero-order chi connectivity index (χ0) is 13.1. The van der Waals surface area contributed by atoms with Crippen molar-refractivity contribution < 1.29 is 4.79 Å². The summed E-state index contributed by atoms with van der Waals surface area (Å²) in [5.74, 6) is 0.862. The quantitative estimate of drug-likeness (QED) is 0.834. The molecule has 2 rings (SSSR count). The van der Waals surface area contributed by atoms with Gasteiger partial charge >= 0.3 is 0 Å². The van der Waals surface area contributed by atoms with Crippen LogP contribution in [0.5, 0.6) is 0 Å². The summed E-state index contributed by atoms with van der Waals surface area (Å²) in [5, 5.41) is 3.11. The highest BCUT2D eigenvalue weighted by Gasteiger charge is 2.23. The van der Waals surface area contributed by atoms with Gasteiger partial charge in [0.1, 0.15) is 0 Å². The van der Waals surface area contributed by atoms with Crippen LogP contribution in [0, 0.1) is 5.92 Å². The van der Waals surface area contributed by atoms with Crippen molar-refractivity contribution in [3.05, 3.63) is 34.9 Å². The molecule has 0 aliphatic heterocycles. The highest BCUT2D eigenvalue weighted by molar-refractivity contribution is 6.17. The number of halogens is 1.